The number of hydrogen-bond acceptors (Lipinski definition) is 7. The van der Waals surface area contributed by atoms with Gasteiger partial charge in [-0.2, -0.15) is 5.10 Å². The first-order valence-electron chi connectivity index (χ1n) is 14.2. The molecule has 0 spiro atoms. The average Bonchev–Trinajstić information content (AvgIpc) is 3.40. The number of rotatable bonds is 9. The summed E-state index contributed by atoms with van der Waals surface area (Å²) < 4.78 is 26.8. The molecule has 1 N–H and O–H groups in total. The summed E-state index contributed by atoms with van der Waals surface area (Å²) in [5.74, 6) is 0.668. The number of fused-ring (bicyclic) bond motifs is 1. The Bertz CT molecular complexity index is 1820. The lowest BCUT2D eigenvalue weighted by atomic mass is 9.99. The van der Waals surface area contributed by atoms with E-state index in [1.165, 1.54) is 28.8 Å². The molecule has 11 heteroatoms. The van der Waals surface area contributed by atoms with E-state index in [0.29, 0.717) is 28.7 Å². The first-order valence-corrected chi connectivity index (χ1v) is 15.3. The molecule has 45 heavy (non-hydrogen) atoms. The van der Waals surface area contributed by atoms with Crippen molar-refractivity contribution in [2.75, 3.05) is 31.4 Å². The summed E-state index contributed by atoms with van der Waals surface area (Å²) in [6.45, 7) is 0.0446. The van der Waals surface area contributed by atoms with Crippen LogP contribution in [-0.2, 0) is 16.1 Å². The quantitative estimate of drug-likeness (QED) is 0.229. The minimum atomic E-state index is -0.400. The summed E-state index contributed by atoms with van der Waals surface area (Å²) in [6, 6.07) is 24.9. The summed E-state index contributed by atoms with van der Waals surface area (Å²) in [6.07, 6.45) is 3.31. The van der Waals surface area contributed by atoms with Crippen molar-refractivity contribution in [1.29, 1.82) is 0 Å². The van der Waals surface area contributed by atoms with Gasteiger partial charge in [0.25, 0.3) is 0 Å². The van der Waals surface area contributed by atoms with Crippen LogP contribution in [-0.4, -0.2) is 53.1 Å². The van der Waals surface area contributed by atoms with E-state index in [9.17, 15) is 14.0 Å². The fourth-order valence-corrected chi connectivity index (χ4v) is 6.46. The Labute approximate surface area is 264 Å². The standard InChI is InChI=1S/C34H30FN5O4S/c1-43-27-13-8-24(18-28(27)44-2)33-31-32(23-6-4-3-5-7-23)38-40(26-11-9-25(35)10-12-26)34(31)39(30(42)21-45-33)20-29(41)37-19-22-14-16-36-17-15-22/h3-18,33H,19-21H2,1-2H3,(H,37,41). The Morgan fingerprint density at radius 1 is 0.978 bits per heavy atom. The number of ether oxygens (including phenoxy) is 2. The number of anilines is 1. The molecule has 5 aromatic rings. The number of amides is 2. The Morgan fingerprint density at radius 3 is 2.42 bits per heavy atom. The minimum Gasteiger partial charge on any atom is -0.493 e. The van der Waals surface area contributed by atoms with Crippen LogP contribution in [0.3, 0.4) is 0 Å². The first kappa shape index (κ1) is 29.9. The van der Waals surface area contributed by atoms with Crippen LogP contribution < -0.4 is 19.7 Å². The van der Waals surface area contributed by atoms with Crippen LogP contribution in [0.1, 0.15) is 21.9 Å². The molecule has 0 fully saturated rings. The molecule has 1 atom stereocenters. The monoisotopic (exact) mass is 623 g/mol. The highest BCUT2D eigenvalue weighted by Gasteiger charge is 2.38. The van der Waals surface area contributed by atoms with Gasteiger partial charge in [0, 0.05) is 30.1 Å². The maximum absolute atomic E-state index is 14.1. The minimum absolute atomic E-state index is 0.100. The SMILES string of the molecule is COc1ccc(C2SCC(=O)N(CC(=O)NCc3ccncc3)c3c2c(-c2ccccc2)nn3-c2ccc(F)cc2)cc1OC. The normalized spacial score (nSPS) is 14.4. The number of pyridine rings is 1. The van der Waals surface area contributed by atoms with E-state index in [4.69, 9.17) is 14.6 Å². The van der Waals surface area contributed by atoms with Gasteiger partial charge in [0.1, 0.15) is 18.2 Å². The molecule has 0 saturated heterocycles. The van der Waals surface area contributed by atoms with E-state index in [1.54, 1.807) is 43.4 Å². The topological polar surface area (TPSA) is 98.6 Å². The maximum atomic E-state index is 14.1. The van der Waals surface area contributed by atoms with Crippen molar-refractivity contribution in [3.63, 3.8) is 0 Å². The van der Waals surface area contributed by atoms with E-state index in [2.05, 4.69) is 10.3 Å². The Kier molecular flexibility index (Phi) is 8.79. The number of hydrogen-bond donors (Lipinski definition) is 1. The smallest absolute Gasteiger partial charge is 0.240 e. The molecular formula is C34H30FN5O4S. The van der Waals surface area contributed by atoms with Gasteiger partial charge in [-0.3, -0.25) is 19.5 Å². The highest BCUT2D eigenvalue weighted by molar-refractivity contribution is 8.00. The molecule has 2 aromatic heterocycles. The molecule has 3 heterocycles. The predicted octanol–water partition coefficient (Wildman–Crippen LogP) is 5.58. The van der Waals surface area contributed by atoms with Crippen molar-refractivity contribution in [3.8, 4) is 28.4 Å². The van der Waals surface area contributed by atoms with Gasteiger partial charge in [0.05, 0.1) is 36.6 Å². The van der Waals surface area contributed by atoms with Crippen LogP contribution in [0, 0.1) is 5.82 Å². The molecule has 1 aliphatic rings. The van der Waals surface area contributed by atoms with Gasteiger partial charge in [-0.1, -0.05) is 36.4 Å². The van der Waals surface area contributed by atoms with Crippen molar-refractivity contribution in [2.45, 2.75) is 11.8 Å². The Balaban J connectivity index is 1.53. The number of carbonyl (C=O) groups is 2. The molecule has 6 rings (SSSR count). The van der Waals surface area contributed by atoms with Crippen molar-refractivity contribution >= 4 is 29.4 Å². The van der Waals surface area contributed by atoms with Gasteiger partial charge in [0.2, 0.25) is 11.8 Å². The molecule has 228 valence electrons. The van der Waals surface area contributed by atoms with E-state index in [0.717, 1.165) is 22.3 Å². The predicted molar refractivity (Wildman–Crippen MR) is 171 cm³/mol. The van der Waals surface area contributed by atoms with E-state index >= 15 is 0 Å². The van der Waals surface area contributed by atoms with Gasteiger partial charge < -0.3 is 14.8 Å². The van der Waals surface area contributed by atoms with Crippen molar-refractivity contribution < 1.29 is 23.5 Å². The zero-order valence-electron chi connectivity index (χ0n) is 24.6. The summed E-state index contributed by atoms with van der Waals surface area (Å²) in [4.78, 5) is 32.8. The van der Waals surface area contributed by atoms with Gasteiger partial charge in [-0.15, -0.1) is 11.8 Å². The zero-order chi connectivity index (χ0) is 31.3. The molecule has 0 saturated carbocycles. The van der Waals surface area contributed by atoms with Crippen molar-refractivity contribution in [1.82, 2.24) is 20.1 Å². The largest absolute Gasteiger partial charge is 0.493 e. The van der Waals surface area contributed by atoms with Gasteiger partial charge >= 0.3 is 0 Å². The van der Waals surface area contributed by atoms with Crippen LogP contribution in [0.2, 0.25) is 0 Å². The third-order valence-corrected chi connectivity index (χ3v) is 8.71. The van der Waals surface area contributed by atoms with Crippen LogP contribution in [0.15, 0.2) is 97.3 Å². The van der Waals surface area contributed by atoms with Crippen LogP contribution in [0.4, 0.5) is 10.2 Å². The molecule has 0 bridgehead atoms. The van der Waals surface area contributed by atoms with E-state index in [1.807, 2.05) is 60.7 Å². The number of nitrogens with zero attached hydrogens (tertiary/aromatic N) is 4. The second-order valence-electron chi connectivity index (χ2n) is 10.3. The first-order chi connectivity index (χ1) is 22.0. The lowest BCUT2D eigenvalue weighted by Gasteiger charge is -2.23. The number of carbonyl (C=O) groups excluding carboxylic acids is 2. The number of nitrogens with one attached hydrogen (secondary N) is 1. The number of methoxy groups -OCH3 is 2. The van der Waals surface area contributed by atoms with E-state index < -0.39 is 5.82 Å². The van der Waals surface area contributed by atoms with Gasteiger partial charge in [0.15, 0.2) is 11.5 Å². The summed E-state index contributed by atoms with van der Waals surface area (Å²) in [7, 11) is 3.15. The fourth-order valence-electron chi connectivity index (χ4n) is 5.27. The molecule has 3 aromatic carbocycles. The summed E-state index contributed by atoms with van der Waals surface area (Å²) in [5, 5.41) is 7.57. The van der Waals surface area contributed by atoms with E-state index in [-0.39, 0.29) is 35.9 Å². The second-order valence-corrected chi connectivity index (χ2v) is 11.4. The molecule has 0 radical (unpaired) electrons. The van der Waals surface area contributed by atoms with Gasteiger partial charge in [-0.25, -0.2) is 9.07 Å². The zero-order valence-corrected chi connectivity index (χ0v) is 25.5. The van der Waals surface area contributed by atoms with Crippen LogP contribution in [0.25, 0.3) is 16.9 Å². The highest BCUT2D eigenvalue weighted by atomic mass is 32.2. The highest BCUT2D eigenvalue weighted by Crippen LogP contribution is 2.49. The molecular weight excluding hydrogens is 593 g/mol. The second kappa shape index (κ2) is 13.2. The summed E-state index contributed by atoms with van der Waals surface area (Å²) >= 11 is 1.44. The summed E-state index contributed by atoms with van der Waals surface area (Å²) in [5.41, 5.74) is 4.51. The van der Waals surface area contributed by atoms with Gasteiger partial charge in [-0.05, 0) is 59.7 Å². The molecule has 0 aliphatic carbocycles. The Hall–Kier alpha value is -5.16. The van der Waals surface area contributed by atoms with Crippen molar-refractivity contribution in [2.24, 2.45) is 0 Å². The van der Waals surface area contributed by atoms with Crippen LogP contribution >= 0.6 is 11.8 Å². The number of thioether (sulfide) groups is 1. The molecule has 2 amide bonds. The lowest BCUT2D eigenvalue weighted by Crippen LogP contribution is -2.42. The Morgan fingerprint density at radius 2 is 1.71 bits per heavy atom. The maximum Gasteiger partial charge on any atom is 0.240 e. The molecule has 1 aliphatic heterocycles. The molecule has 1 unspecified atom stereocenters. The lowest BCUT2D eigenvalue weighted by molar-refractivity contribution is -0.123. The number of benzene rings is 3. The third kappa shape index (κ3) is 6.25. The fraction of sp³-hybridized carbons (Fsp3) is 0.176. The average molecular weight is 624 g/mol. The van der Waals surface area contributed by atoms with Crippen molar-refractivity contribution in [3.05, 3.63) is 120 Å². The number of halogens is 1. The van der Waals surface area contributed by atoms with Crippen LogP contribution in [0.5, 0.6) is 11.5 Å². The number of aromatic nitrogens is 3. The third-order valence-electron chi connectivity index (χ3n) is 7.46. The molecule has 9 nitrogen and oxygen atoms in total.